The summed E-state index contributed by atoms with van der Waals surface area (Å²) in [6.45, 7) is 0. The summed E-state index contributed by atoms with van der Waals surface area (Å²) in [4.78, 5) is 0. The monoisotopic (exact) mass is 260 g/mol. The van der Waals surface area contributed by atoms with Crippen molar-refractivity contribution in [2.45, 2.75) is 25.2 Å². The van der Waals surface area contributed by atoms with E-state index in [9.17, 15) is 0 Å². The Balaban J connectivity index is 2.02. The first-order chi connectivity index (χ1) is 9.95. The van der Waals surface area contributed by atoms with Gasteiger partial charge in [-0.1, -0.05) is 78.9 Å². The van der Waals surface area contributed by atoms with Crippen LogP contribution in [0.1, 0.15) is 30.7 Å². The van der Waals surface area contributed by atoms with Gasteiger partial charge in [0.2, 0.25) is 0 Å². The van der Waals surface area contributed by atoms with Crippen molar-refractivity contribution in [2.24, 2.45) is 0 Å². The van der Waals surface area contributed by atoms with Crippen molar-refractivity contribution in [2.75, 3.05) is 0 Å². The lowest BCUT2D eigenvalue weighted by Gasteiger charge is -2.22. The fourth-order valence-corrected chi connectivity index (χ4v) is 2.88. The Bertz CT molecular complexity index is 594. The highest BCUT2D eigenvalue weighted by atomic mass is 14.2. The first-order valence-corrected chi connectivity index (χ1v) is 7.40. The third-order valence-electron chi connectivity index (χ3n) is 3.85. The molecule has 0 bridgehead atoms. The molecule has 0 N–H and O–H groups in total. The minimum atomic E-state index is 0.365. The third-order valence-corrected chi connectivity index (χ3v) is 3.85. The van der Waals surface area contributed by atoms with Gasteiger partial charge in [0.15, 0.2) is 0 Å². The van der Waals surface area contributed by atoms with E-state index >= 15 is 0 Å². The smallest absolute Gasteiger partial charge is 0.0333 e. The minimum absolute atomic E-state index is 0.365. The summed E-state index contributed by atoms with van der Waals surface area (Å²) in [7, 11) is 0. The van der Waals surface area contributed by atoms with Crippen LogP contribution in [0.5, 0.6) is 0 Å². The van der Waals surface area contributed by atoms with E-state index in [0.717, 1.165) is 12.8 Å². The first-order valence-electron chi connectivity index (χ1n) is 7.40. The standard InChI is InChI=1S/C20H20/c1-2-6-12-17(11-5-1)20(18-13-7-3-8-14-18)19-15-9-4-10-16-19/h1-3,5,7-9,11-16,20H,4,6,10H2. The maximum Gasteiger partial charge on any atom is 0.0333 e. The predicted octanol–water partition coefficient (Wildman–Crippen LogP) is 5.49. The van der Waals surface area contributed by atoms with Crippen molar-refractivity contribution in [3.63, 3.8) is 0 Å². The van der Waals surface area contributed by atoms with E-state index < -0.39 is 0 Å². The molecule has 1 unspecified atom stereocenters. The Kier molecular flexibility index (Phi) is 4.13. The van der Waals surface area contributed by atoms with Crippen molar-refractivity contribution in [1.29, 1.82) is 0 Å². The lowest BCUT2D eigenvalue weighted by molar-refractivity contribution is 0.916. The quantitative estimate of drug-likeness (QED) is 0.674. The number of allylic oxidation sites excluding steroid dienone is 10. The first kappa shape index (κ1) is 12.9. The average Bonchev–Trinajstić information content (AvgIpc) is 2.79. The van der Waals surface area contributed by atoms with Gasteiger partial charge in [-0.3, -0.25) is 0 Å². The van der Waals surface area contributed by atoms with Crippen molar-refractivity contribution < 1.29 is 0 Å². The molecule has 0 aromatic heterocycles. The van der Waals surface area contributed by atoms with Crippen LogP contribution in [0.4, 0.5) is 0 Å². The van der Waals surface area contributed by atoms with Crippen LogP contribution in [-0.4, -0.2) is 0 Å². The molecule has 100 valence electrons. The van der Waals surface area contributed by atoms with E-state index in [4.69, 9.17) is 0 Å². The molecule has 3 rings (SSSR count). The third kappa shape index (κ3) is 2.91. The fourth-order valence-electron chi connectivity index (χ4n) is 2.88. The molecular weight excluding hydrogens is 240 g/mol. The van der Waals surface area contributed by atoms with Crippen LogP contribution in [-0.2, 0) is 0 Å². The molecule has 0 fully saturated rings. The van der Waals surface area contributed by atoms with Crippen LogP contribution in [0.3, 0.4) is 0 Å². The SMILES string of the molecule is C1=CCC=C(C(C2=CCCC=C2)c2ccccc2)C=C1. The van der Waals surface area contributed by atoms with Gasteiger partial charge >= 0.3 is 0 Å². The van der Waals surface area contributed by atoms with E-state index in [-0.39, 0.29) is 0 Å². The lowest BCUT2D eigenvalue weighted by atomic mass is 9.82. The van der Waals surface area contributed by atoms with Gasteiger partial charge in [-0.15, -0.1) is 0 Å². The molecule has 20 heavy (non-hydrogen) atoms. The normalized spacial score (nSPS) is 19.2. The summed E-state index contributed by atoms with van der Waals surface area (Å²) in [5, 5.41) is 0. The molecule has 1 aromatic carbocycles. The second kappa shape index (κ2) is 6.38. The van der Waals surface area contributed by atoms with Crippen LogP contribution >= 0.6 is 0 Å². The Morgan fingerprint density at radius 3 is 2.40 bits per heavy atom. The Morgan fingerprint density at radius 1 is 0.750 bits per heavy atom. The summed E-state index contributed by atoms with van der Waals surface area (Å²) < 4.78 is 0. The second-order valence-corrected chi connectivity index (χ2v) is 5.25. The van der Waals surface area contributed by atoms with E-state index in [1.165, 1.54) is 23.1 Å². The molecule has 0 saturated carbocycles. The molecule has 0 nitrogen and oxygen atoms in total. The van der Waals surface area contributed by atoms with Crippen molar-refractivity contribution in [3.05, 3.63) is 95.6 Å². The Morgan fingerprint density at radius 2 is 1.60 bits per heavy atom. The van der Waals surface area contributed by atoms with Gasteiger partial charge in [0.1, 0.15) is 0 Å². The molecule has 0 spiro atoms. The molecule has 1 aromatic rings. The van der Waals surface area contributed by atoms with Gasteiger partial charge in [0.25, 0.3) is 0 Å². The maximum atomic E-state index is 2.39. The molecule has 0 heteroatoms. The molecule has 0 heterocycles. The topological polar surface area (TPSA) is 0 Å². The van der Waals surface area contributed by atoms with E-state index in [2.05, 4.69) is 78.9 Å². The Hall–Kier alpha value is -2.08. The average molecular weight is 260 g/mol. The van der Waals surface area contributed by atoms with Crippen LogP contribution < -0.4 is 0 Å². The van der Waals surface area contributed by atoms with Crippen LogP contribution in [0.15, 0.2) is 90.1 Å². The molecular formula is C20H20. The number of hydrogen-bond donors (Lipinski definition) is 0. The number of hydrogen-bond acceptors (Lipinski definition) is 0. The summed E-state index contributed by atoms with van der Waals surface area (Å²) in [5.74, 6) is 0.365. The Labute approximate surface area is 121 Å². The highest BCUT2D eigenvalue weighted by Gasteiger charge is 2.19. The molecule has 1 atom stereocenters. The van der Waals surface area contributed by atoms with Gasteiger partial charge in [0, 0.05) is 5.92 Å². The largest absolute Gasteiger partial charge is 0.0839 e. The van der Waals surface area contributed by atoms with Crippen LogP contribution in [0, 0.1) is 0 Å². The second-order valence-electron chi connectivity index (χ2n) is 5.25. The minimum Gasteiger partial charge on any atom is -0.0839 e. The predicted molar refractivity (Wildman–Crippen MR) is 86.6 cm³/mol. The molecule has 0 amide bonds. The van der Waals surface area contributed by atoms with Gasteiger partial charge in [0.05, 0.1) is 0 Å². The van der Waals surface area contributed by atoms with Crippen molar-refractivity contribution in [1.82, 2.24) is 0 Å². The molecule has 0 saturated heterocycles. The summed E-state index contributed by atoms with van der Waals surface area (Å²) in [6.07, 6.45) is 21.4. The number of rotatable bonds is 3. The molecule has 2 aliphatic rings. The van der Waals surface area contributed by atoms with Gasteiger partial charge in [-0.05, 0) is 36.0 Å². The highest BCUT2D eigenvalue weighted by molar-refractivity contribution is 5.48. The fraction of sp³-hybridized carbons (Fsp3) is 0.200. The zero-order valence-electron chi connectivity index (χ0n) is 11.7. The van der Waals surface area contributed by atoms with E-state index in [1.807, 2.05) is 0 Å². The maximum absolute atomic E-state index is 2.39. The van der Waals surface area contributed by atoms with E-state index in [0.29, 0.717) is 5.92 Å². The van der Waals surface area contributed by atoms with Crippen molar-refractivity contribution in [3.8, 4) is 0 Å². The lowest BCUT2D eigenvalue weighted by Crippen LogP contribution is -2.05. The molecule has 2 aliphatic carbocycles. The molecule has 0 radical (unpaired) electrons. The summed E-state index contributed by atoms with van der Waals surface area (Å²) in [6, 6.07) is 10.8. The van der Waals surface area contributed by atoms with Crippen molar-refractivity contribution >= 4 is 0 Å². The highest BCUT2D eigenvalue weighted by Crippen LogP contribution is 2.35. The van der Waals surface area contributed by atoms with Gasteiger partial charge < -0.3 is 0 Å². The number of benzene rings is 1. The van der Waals surface area contributed by atoms with Crippen LogP contribution in [0.25, 0.3) is 0 Å². The summed E-state index contributed by atoms with van der Waals surface area (Å²) in [5.41, 5.74) is 4.21. The zero-order chi connectivity index (χ0) is 13.6. The van der Waals surface area contributed by atoms with Gasteiger partial charge in [-0.2, -0.15) is 0 Å². The molecule has 0 aliphatic heterocycles. The zero-order valence-corrected chi connectivity index (χ0v) is 11.7. The van der Waals surface area contributed by atoms with E-state index in [1.54, 1.807) is 0 Å². The van der Waals surface area contributed by atoms with Crippen LogP contribution in [0.2, 0.25) is 0 Å². The van der Waals surface area contributed by atoms with Gasteiger partial charge in [-0.25, -0.2) is 0 Å². The summed E-state index contributed by atoms with van der Waals surface area (Å²) >= 11 is 0.